The molecule has 8 nitrogen and oxygen atoms in total. The Kier molecular flexibility index (Phi) is 5.55. The van der Waals surface area contributed by atoms with Crippen LogP contribution in [0.2, 0.25) is 10.0 Å². The van der Waals surface area contributed by atoms with Gasteiger partial charge in [-0.2, -0.15) is 4.98 Å². The maximum atomic E-state index is 13.1. The number of anilines is 3. The maximum absolute atomic E-state index is 13.1. The smallest absolute Gasteiger partial charge is 0.258 e. The summed E-state index contributed by atoms with van der Waals surface area (Å²) in [7, 11) is 0. The number of hydrogen-bond donors (Lipinski definition) is 3. The Bertz CT molecular complexity index is 1340. The van der Waals surface area contributed by atoms with Crippen LogP contribution in [0.1, 0.15) is 29.0 Å². The second-order valence-electron chi connectivity index (χ2n) is 8.01. The maximum Gasteiger partial charge on any atom is 0.258 e. The van der Waals surface area contributed by atoms with Crippen LogP contribution < -0.4 is 21.1 Å². The van der Waals surface area contributed by atoms with Gasteiger partial charge in [-0.3, -0.25) is 19.4 Å². The fraction of sp³-hybridized carbons (Fsp3) is 0.217. The van der Waals surface area contributed by atoms with Crippen molar-refractivity contribution in [2.45, 2.75) is 25.3 Å². The SMILES string of the molecule is O=C1C[C@@H](C(=O)Nc2ccc(Cl)cc2Cl)c2c(nc(N3CCc4ccccc4C3)[nH]c2=O)N1. The van der Waals surface area contributed by atoms with Gasteiger partial charge in [-0.05, 0) is 35.7 Å². The van der Waals surface area contributed by atoms with Crippen molar-refractivity contribution in [2.24, 2.45) is 0 Å². The first kappa shape index (κ1) is 21.5. The molecule has 0 fully saturated rings. The van der Waals surface area contributed by atoms with E-state index >= 15 is 0 Å². The van der Waals surface area contributed by atoms with Crippen LogP contribution in [0, 0.1) is 0 Å². The quantitative estimate of drug-likeness (QED) is 0.526. The highest BCUT2D eigenvalue weighted by atomic mass is 35.5. The van der Waals surface area contributed by atoms with Crippen LogP contribution in [-0.4, -0.2) is 28.3 Å². The number of nitrogens with one attached hydrogen (secondary N) is 3. The third-order valence-electron chi connectivity index (χ3n) is 5.87. The molecule has 2 aliphatic rings. The summed E-state index contributed by atoms with van der Waals surface area (Å²) in [6.07, 6.45) is 0.640. The number of hydrogen-bond acceptors (Lipinski definition) is 5. The Morgan fingerprint density at radius 2 is 1.91 bits per heavy atom. The Morgan fingerprint density at radius 3 is 2.70 bits per heavy atom. The summed E-state index contributed by atoms with van der Waals surface area (Å²) >= 11 is 12.1. The number of halogens is 2. The summed E-state index contributed by atoms with van der Waals surface area (Å²) < 4.78 is 0. The molecule has 168 valence electrons. The highest BCUT2D eigenvalue weighted by Crippen LogP contribution is 2.32. The van der Waals surface area contributed by atoms with Gasteiger partial charge in [0.25, 0.3) is 5.56 Å². The molecule has 3 N–H and O–H groups in total. The Balaban J connectivity index is 1.45. The predicted octanol–water partition coefficient (Wildman–Crippen LogP) is 3.70. The standard InChI is InChI=1S/C23H19Cl2N5O3/c24-14-5-6-17(16(25)9-14)26-21(32)15-10-18(31)27-20-19(15)22(33)29-23(28-20)30-8-7-12-3-1-2-4-13(12)11-30/h1-6,9,15H,7-8,10-11H2,(H,26,32)(H2,27,28,29,31,33)/t15-/m1/s1. The van der Waals surface area contributed by atoms with Crippen LogP contribution in [0.3, 0.4) is 0 Å². The summed E-state index contributed by atoms with van der Waals surface area (Å²) in [5.41, 5.74) is 2.42. The van der Waals surface area contributed by atoms with Crippen molar-refractivity contribution in [3.8, 4) is 0 Å². The molecule has 5 rings (SSSR count). The zero-order valence-electron chi connectivity index (χ0n) is 17.3. The third-order valence-corrected chi connectivity index (χ3v) is 6.42. The Morgan fingerprint density at radius 1 is 1.12 bits per heavy atom. The van der Waals surface area contributed by atoms with Gasteiger partial charge in [0, 0.05) is 24.5 Å². The molecule has 0 radical (unpaired) electrons. The summed E-state index contributed by atoms with van der Waals surface area (Å²) in [4.78, 5) is 47.7. The number of fused-ring (bicyclic) bond motifs is 2. The summed E-state index contributed by atoms with van der Waals surface area (Å²) in [5, 5.41) is 6.01. The van der Waals surface area contributed by atoms with Crippen molar-refractivity contribution in [1.82, 2.24) is 9.97 Å². The average Bonchev–Trinajstić information content (AvgIpc) is 2.79. The number of aromatic nitrogens is 2. The lowest BCUT2D eigenvalue weighted by molar-refractivity contribution is -0.123. The number of carbonyl (C=O) groups excluding carboxylic acids is 2. The second kappa shape index (κ2) is 8.53. The zero-order chi connectivity index (χ0) is 23.1. The number of H-pyrrole nitrogens is 1. The van der Waals surface area contributed by atoms with E-state index in [9.17, 15) is 14.4 Å². The number of carbonyl (C=O) groups is 2. The lowest BCUT2D eigenvalue weighted by Crippen LogP contribution is -2.38. The molecule has 0 bridgehead atoms. The molecular formula is C23H19Cl2N5O3. The molecule has 2 aromatic carbocycles. The third kappa shape index (κ3) is 4.19. The molecule has 0 unspecified atom stereocenters. The minimum atomic E-state index is -1.01. The number of aromatic amines is 1. The topological polar surface area (TPSA) is 107 Å². The van der Waals surface area contributed by atoms with Crippen molar-refractivity contribution >= 4 is 52.5 Å². The molecule has 3 aromatic rings. The van der Waals surface area contributed by atoms with E-state index in [4.69, 9.17) is 23.2 Å². The van der Waals surface area contributed by atoms with Crippen LogP contribution in [0.25, 0.3) is 0 Å². The van der Waals surface area contributed by atoms with Gasteiger partial charge in [-0.25, -0.2) is 0 Å². The zero-order valence-corrected chi connectivity index (χ0v) is 18.8. The van der Waals surface area contributed by atoms with E-state index in [1.807, 2.05) is 23.1 Å². The first-order valence-electron chi connectivity index (χ1n) is 10.4. The Hall–Kier alpha value is -3.36. The molecular weight excluding hydrogens is 465 g/mol. The van der Waals surface area contributed by atoms with E-state index in [2.05, 4.69) is 26.7 Å². The number of rotatable bonds is 3. The van der Waals surface area contributed by atoms with Gasteiger partial charge < -0.3 is 15.5 Å². The van der Waals surface area contributed by atoms with Crippen LogP contribution in [0.5, 0.6) is 0 Å². The highest BCUT2D eigenvalue weighted by Gasteiger charge is 2.35. The molecule has 2 aliphatic heterocycles. The molecule has 3 heterocycles. The van der Waals surface area contributed by atoms with Crippen molar-refractivity contribution in [2.75, 3.05) is 22.1 Å². The van der Waals surface area contributed by atoms with Crippen molar-refractivity contribution in [1.29, 1.82) is 0 Å². The Labute approximate surface area is 198 Å². The lowest BCUT2D eigenvalue weighted by Gasteiger charge is -2.30. The van der Waals surface area contributed by atoms with E-state index in [1.165, 1.54) is 11.6 Å². The monoisotopic (exact) mass is 483 g/mol. The fourth-order valence-corrected chi connectivity index (χ4v) is 4.68. The second-order valence-corrected chi connectivity index (χ2v) is 8.85. The predicted molar refractivity (Wildman–Crippen MR) is 127 cm³/mol. The average molecular weight is 484 g/mol. The normalized spacial score (nSPS) is 17.1. The highest BCUT2D eigenvalue weighted by molar-refractivity contribution is 6.36. The van der Waals surface area contributed by atoms with E-state index in [0.29, 0.717) is 29.7 Å². The van der Waals surface area contributed by atoms with Crippen LogP contribution >= 0.6 is 23.2 Å². The van der Waals surface area contributed by atoms with Gasteiger partial charge in [-0.15, -0.1) is 0 Å². The molecule has 1 atom stereocenters. The number of benzene rings is 2. The molecule has 0 saturated carbocycles. The van der Waals surface area contributed by atoms with Crippen LogP contribution in [0.15, 0.2) is 47.3 Å². The molecule has 0 spiro atoms. The van der Waals surface area contributed by atoms with Crippen molar-refractivity contribution in [3.05, 3.63) is 79.6 Å². The van der Waals surface area contributed by atoms with Gasteiger partial charge in [0.05, 0.1) is 22.2 Å². The number of amides is 2. The first-order chi connectivity index (χ1) is 15.9. The van der Waals surface area contributed by atoms with Crippen LogP contribution in [0.4, 0.5) is 17.5 Å². The van der Waals surface area contributed by atoms with Crippen molar-refractivity contribution < 1.29 is 9.59 Å². The van der Waals surface area contributed by atoms with Gasteiger partial charge in [0.2, 0.25) is 17.8 Å². The van der Waals surface area contributed by atoms with E-state index in [-0.39, 0.29) is 22.8 Å². The molecule has 33 heavy (non-hydrogen) atoms. The summed E-state index contributed by atoms with van der Waals surface area (Å²) in [6, 6.07) is 12.8. The fourth-order valence-electron chi connectivity index (χ4n) is 4.22. The largest absolute Gasteiger partial charge is 0.338 e. The summed E-state index contributed by atoms with van der Waals surface area (Å²) in [5.74, 6) is -1.46. The summed E-state index contributed by atoms with van der Waals surface area (Å²) in [6.45, 7) is 1.26. The minimum Gasteiger partial charge on any atom is -0.338 e. The molecule has 10 heteroatoms. The molecule has 2 amide bonds. The minimum absolute atomic E-state index is 0.103. The van der Waals surface area contributed by atoms with Gasteiger partial charge in [-0.1, -0.05) is 47.5 Å². The van der Waals surface area contributed by atoms with E-state index < -0.39 is 23.3 Å². The molecule has 1 aromatic heterocycles. The van der Waals surface area contributed by atoms with Crippen LogP contribution in [-0.2, 0) is 22.6 Å². The van der Waals surface area contributed by atoms with Gasteiger partial charge >= 0.3 is 0 Å². The van der Waals surface area contributed by atoms with Crippen molar-refractivity contribution in [3.63, 3.8) is 0 Å². The van der Waals surface area contributed by atoms with Gasteiger partial charge in [0.15, 0.2) is 0 Å². The molecule has 0 aliphatic carbocycles. The lowest BCUT2D eigenvalue weighted by atomic mass is 9.92. The molecule has 0 saturated heterocycles. The van der Waals surface area contributed by atoms with Gasteiger partial charge in [0.1, 0.15) is 5.82 Å². The van der Waals surface area contributed by atoms with E-state index in [0.717, 1.165) is 12.0 Å². The van der Waals surface area contributed by atoms with E-state index in [1.54, 1.807) is 12.1 Å². The number of nitrogens with zero attached hydrogens (tertiary/aromatic N) is 2. The first-order valence-corrected chi connectivity index (χ1v) is 11.2.